The highest BCUT2D eigenvalue weighted by Gasteiger charge is 2.29. The van der Waals surface area contributed by atoms with Gasteiger partial charge in [-0.3, -0.25) is 4.90 Å². The van der Waals surface area contributed by atoms with Crippen molar-refractivity contribution in [3.8, 4) is 0 Å². The molecule has 1 aliphatic carbocycles. The number of hydrogen-bond acceptors (Lipinski definition) is 3. The van der Waals surface area contributed by atoms with Gasteiger partial charge in [0.1, 0.15) is 6.20 Å². The number of aromatic nitrogens is 2. The van der Waals surface area contributed by atoms with E-state index in [2.05, 4.69) is 72.1 Å². The summed E-state index contributed by atoms with van der Waals surface area (Å²) in [5.41, 5.74) is 4.80. The van der Waals surface area contributed by atoms with Crippen molar-refractivity contribution in [1.82, 2.24) is 14.6 Å². The van der Waals surface area contributed by atoms with Gasteiger partial charge < -0.3 is 5.32 Å². The Bertz CT molecular complexity index is 1150. The molecule has 5 heteroatoms. The highest BCUT2D eigenvalue weighted by Crippen LogP contribution is 2.29. The van der Waals surface area contributed by atoms with E-state index in [0.717, 1.165) is 43.3 Å². The molecule has 2 aromatic heterocycles. The monoisotopic (exact) mass is 431 g/mol. The lowest BCUT2D eigenvalue weighted by atomic mass is 9.86. The van der Waals surface area contributed by atoms with Gasteiger partial charge in [0.2, 0.25) is 0 Å². The third-order valence-electron chi connectivity index (χ3n) is 6.98. The van der Waals surface area contributed by atoms with Gasteiger partial charge in [0, 0.05) is 38.3 Å². The number of fused-ring (bicyclic) bond motifs is 1. The van der Waals surface area contributed by atoms with Crippen LogP contribution in [0.3, 0.4) is 0 Å². The van der Waals surface area contributed by atoms with Crippen molar-refractivity contribution in [1.29, 1.82) is 0 Å². The highest BCUT2D eigenvalue weighted by atomic mass is 16.1. The van der Waals surface area contributed by atoms with Crippen LogP contribution >= 0.6 is 0 Å². The minimum atomic E-state index is 0.105. The standard InChI is InChI=1S/C27H35N4O/c1-27(2,3)23-11-9-21(10-12-23)24-16-28-13-15-29(24)18-22-19-30(17-20-7-8-20)25-6-4-5-14-31(25)26(22)32/h4-6,9-12,14,19-20,24,28H,7-8,13,15-18H2,1-3H3/q+1. The summed E-state index contributed by atoms with van der Waals surface area (Å²) in [5.74, 6) is 0.752. The molecule has 1 aliphatic heterocycles. The predicted molar refractivity (Wildman–Crippen MR) is 128 cm³/mol. The van der Waals surface area contributed by atoms with E-state index in [1.54, 1.807) is 0 Å². The number of hydrogen-bond donors (Lipinski definition) is 1. The molecule has 1 unspecified atom stereocenters. The van der Waals surface area contributed by atoms with Crippen molar-refractivity contribution in [2.24, 2.45) is 5.92 Å². The van der Waals surface area contributed by atoms with E-state index in [1.165, 1.54) is 24.0 Å². The van der Waals surface area contributed by atoms with Gasteiger partial charge in [-0.1, -0.05) is 51.1 Å². The van der Waals surface area contributed by atoms with E-state index in [0.29, 0.717) is 6.54 Å². The van der Waals surface area contributed by atoms with E-state index in [4.69, 9.17) is 0 Å². The highest BCUT2D eigenvalue weighted by molar-refractivity contribution is 5.32. The zero-order valence-electron chi connectivity index (χ0n) is 19.6. The first-order valence-electron chi connectivity index (χ1n) is 12.0. The SMILES string of the molecule is CC(C)(C)c1ccc(C2CNCCN2Cc2c[n+](CC3CC3)c3ccccn3c2=O)cc1. The number of pyridine rings is 1. The Labute approximate surface area is 190 Å². The Morgan fingerprint density at radius 1 is 1.09 bits per heavy atom. The molecule has 32 heavy (non-hydrogen) atoms. The van der Waals surface area contributed by atoms with Crippen LogP contribution in [0.15, 0.2) is 59.7 Å². The zero-order chi connectivity index (χ0) is 22.3. The normalized spacial score (nSPS) is 20.0. The number of benzene rings is 1. The lowest BCUT2D eigenvalue weighted by Gasteiger charge is -2.36. The van der Waals surface area contributed by atoms with Gasteiger partial charge in [-0.2, -0.15) is 4.40 Å². The van der Waals surface area contributed by atoms with Gasteiger partial charge >= 0.3 is 5.56 Å². The lowest BCUT2D eigenvalue weighted by Crippen LogP contribution is -2.48. The molecule has 0 spiro atoms. The summed E-state index contributed by atoms with van der Waals surface area (Å²) in [6, 6.07) is 15.4. The Kier molecular flexibility index (Phi) is 5.64. The van der Waals surface area contributed by atoms with Crippen LogP contribution in [0.5, 0.6) is 0 Å². The number of rotatable bonds is 5. The Hall–Kier alpha value is -2.50. The molecule has 0 radical (unpaired) electrons. The van der Waals surface area contributed by atoms with Crippen molar-refractivity contribution < 1.29 is 4.57 Å². The molecule has 0 bridgehead atoms. The maximum atomic E-state index is 13.4. The van der Waals surface area contributed by atoms with E-state index >= 15 is 0 Å². The second-order valence-corrected chi connectivity index (χ2v) is 10.5. The van der Waals surface area contributed by atoms with Crippen LogP contribution in [-0.4, -0.2) is 28.9 Å². The average Bonchev–Trinajstić information content (AvgIpc) is 3.61. The molecule has 168 valence electrons. The molecule has 3 heterocycles. The predicted octanol–water partition coefficient (Wildman–Crippen LogP) is 3.44. The van der Waals surface area contributed by atoms with E-state index in [-0.39, 0.29) is 17.0 Å². The fourth-order valence-electron chi connectivity index (χ4n) is 4.83. The smallest absolute Gasteiger partial charge is 0.314 e. The van der Waals surface area contributed by atoms with Gasteiger partial charge in [0.25, 0.3) is 5.65 Å². The molecule has 2 fully saturated rings. The molecule has 0 amide bonds. The van der Waals surface area contributed by atoms with E-state index < -0.39 is 0 Å². The first-order valence-corrected chi connectivity index (χ1v) is 12.0. The van der Waals surface area contributed by atoms with Gasteiger partial charge in [-0.05, 0) is 41.4 Å². The van der Waals surface area contributed by atoms with Crippen LogP contribution in [-0.2, 0) is 18.5 Å². The summed E-state index contributed by atoms with van der Waals surface area (Å²) < 4.78 is 4.12. The Morgan fingerprint density at radius 3 is 2.59 bits per heavy atom. The molecule has 3 aromatic rings. The van der Waals surface area contributed by atoms with Gasteiger partial charge in [-0.25, -0.2) is 9.36 Å². The topological polar surface area (TPSA) is 40.6 Å². The summed E-state index contributed by atoms with van der Waals surface area (Å²) in [6.45, 7) is 11.2. The third kappa shape index (κ3) is 4.37. The molecule has 5 nitrogen and oxygen atoms in total. The Balaban J connectivity index is 1.46. The zero-order valence-corrected chi connectivity index (χ0v) is 19.6. The largest absolute Gasteiger partial charge is 0.346 e. The summed E-state index contributed by atoms with van der Waals surface area (Å²) in [4.78, 5) is 15.8. The fraction of sp³-hybridized carbons (Fsp3) is 0.481. The van der Waals surface area contributed by atoms with Crippen LogP contribution < -0.4 is 15.4 Å². The Morgan fingerprint density at radius 2 is 1.88 bits per heavy atom. The van der Waals surface area contributed by atoms with Gasteiger partial charge in [-0.15, -0.1) is 0 Å². The van der Waals surface area contributed by atoms with E-state index in [9.17, 15) is 4.79 Å². The summed E-state index contributed by atoms with van der Waals surface area (Å²) in [7, 11) is 0. The van der Waals surface area contributed by atoms with E-state index in [1.807, 2.05) is 22.7 Å². The van der Waals surface area contributed by atoms with Crippen LogP contribution in [0.25, 0.3) is 5.65 Å². The fourth-order valence-corrected chi connectivity index (χ4v) is 4.83. The molecule has 2 aliphatic rings. The second-order valence-electron chi connectivity index (χ2n) is 10.5. The van der Waals surface area contributed by atoms with Gasteiger partial charge in [0.05, 0.1) is 18.3 Å². The van der Waals surface area contributed by atoms with Crippen LogP contribution in [0.1, 0.15) is 56.3 Å². The van der Waals surface area contributed by atoms with Crippen molar-refractivity contribution in [2.45, 2.75) is 58.2 Å². The van der Waals surface area contributed by atoms with Crippen LogP contribution in [0, 0.1) is 5.92 Å². The van der Waals surface area contributed by atoms with Crippen LogP contribution in [0.4, 0.5) is 0 Å². The summed E-state index contributed by atoms with van der Waals surface area (Å²) in [5, 5.41) is 3.55. The summed E-state index contributed by atoms with van der Waals surface area (Å²) >= 11 is 0. The molecule has 5 rings (SSSR count). The number of nitrogens with one attached hydrogen (secondary N) is 1. The second kappa shape index (κ2) is 8.45. The van der Waals surface area contributed by atoms with Crippen molar-refractivity contribution in [3.63, 3.8) is 0 Å². The maximum Gasteiger partial charge on any atom is 0.346 e. The molecule has 1 saturated carbocycles. The minimum Gasteiger partial charge on any atom is -0.314 e. The number of nitrogens with zero attached hydrogens (tertiary/aromatic N) is 3. The third-order valence-corrected chi connectivity index (χ3v) is 6.98. The molecule has 1 atom stereocenters. The molecule has 1 N–H and O–H groups in total. The molecular weight excluding hydrogens is 396 g/mol. The van der Waals surface area contributed by atoms with Crippen LogP contribution in [0.2, 0.25) is 0 Å². The van der Waals surface area contributed by atoms with Crippen molar-refractivity contribution in [3.05, 3.63) is 81.9 Å². The first-order chi connectivity index (χ1) is 15.4. The number of piperazine rings is 1. The molecule has 1 aromatic carbocycles. The van der Waals surface area contributed by atoms with Gasteiger partial charge in [0.15, 0.2) is 0 Å². The molecule has 1 saturated heterocycles. The first kappa shape index (κ1) is 21.4. The van der Waals surface area contributed by atoms with Crippen molar-refractivity contribution >= 4 is 5.65 Å². The maximum absolute atomic E-state index is 13.4. The minimum absolute atomic E-state index is 0.105. The summed E-state index contributed by atoms with van der Waals surface area (Å²) in [6.07, 6.45) is 6.62. The average molecular weight is 432 g/mol. The quantitative estimate of drug-likeness (QED) is 0.629. The molecular formula is C27H35N4O+. The van der Waals surface area contributed by atoms with Crippen molar-refractivity contribution in [2.75, 3.05) is 19.6 Å². The lowest BCUT2D eigenvalue weighted by molar-refractivity contribution is -0.678.